The van der Waals surface area contributed by atoms with Crippen LogP contribution < -0.4 is 0 Å². The Bertz CT molecular complexity index is 942. The minimum atomic E-state index is 0.756. The van der Waals surface area contributed by atoms with E-state index in [1.165, 1.54) is 47.7 Å². The molecule has 0 amide bonds. The highest BCUT2D eigenvalue weighted by molar-refractivity contribution is 5.96. The molecule has 1 unspecified atom stereocenters. The number of benzene rings is 2. The van der Waals surface area contributed by atoms with Crippen LogP contribution in [0.2, 0.25) is 0 Å². The average Bonchev–Trinajstić information content (AvgIpc) is 3.31. The van der Waals surface area contributed by atoms with E-state index in [0.717, 1.165) is 43.6 Å². The summed E-state index contributed by atoms with van der Waals surface area (Å²) in [7, 11) is 2.27. The molecule has 0 saturated carbocycles. The zero-order valence-electron chi connectivity index (χ0n) is 16.0. The van der Waals surface area contributed by atoms with Gasteiger partial charge in [0.25, 0.3) is 0 Å². The van der Waals surface area contributed by atoms with Gasteiger partial charge in [-0.1, -0.05) is 47.6 Å². The van der Waals surface area contributed by atoms with E-state index in [0.29, 0.717) is 0 Å². The summed E-state index contributed by atoms with van der Waals surface area (Å²) in [5.74, 6) is 1.08. The van der Waals surface area contributed by atoms with E-state index in [1.807, 2.05) is 0 Å². The fraction of sp³-hybridized carbons (Fsp3) is 0.435. The molecule has 1 saturated heterocycles. The van der Waals surface area contributed by atoms with Gasteiger partial charge in [0.15, 0.2) is 0 Å². The largest absolute Gasteiger partial charge is 0.360 e. The highest BCUT2D eigenvalue weighted by Crippen LogP contribution is 2.34. The van der Waals surface area contributed by atoms with Gasteiger partial charge in [-0.2, -0.15) is 0 Å². The van der Waals surface area contributed by atoms with Crippen molar-refractivity contribution >= 4 is 10.8 Å². The summed E-state index contributed by atoms with van der Waals surface area (Å²) in [6, 6.07) is 15.7. The van der Waals surface area contributed by atoms with Crippen molar-refractivity contribution in [3.8, 4) is 11.3 Å². The molecule has 27 heavy (non-hydrogen) atoms. The van der Waals surface area contributed by atoms with Crippen LogP contribution in [0.1, 0.15) is 30.6 Å². The molecule has 1 atom stereocenters. The highest BCUT2D eigenvalue weighted by Gasteiger charge is 2.27. The summed E-state index contributed by atoms with van der Waals surface area (Å²) in [5, 5.41) is 7.00. The Labute approximate surface area is 160 Å². The fourth-order valence-corrected chi connectivity index (χ4v) is 4.78. The summed E-state index contributed by atoms with van der Waals surface area (Å²) in [6.45, 7) is 4.45. The molecule has 3 heterocycles. The minimum Gasteiger partial charge on any atom is -0.360 e. The molecule has 0 aliphatic carbocycles. The van der Waals surface area contributed by atoms with E-state index in [-0.39, 0.29) is 0 Å². The van der Waals surface area contributed by atoms with Gasteiger partial charge in [-0.3, -0.25) is 4.90 Å². The third-order valence-electron chi connectivity index (χ3n) is 6.40. The van der Waals surface area contributed by atoms with Crippen molar-refractivity contribution in [3.05, 3.63) is 53.8 Å². The second-order valence-electron chi connectivity index (χ2n) is 8.05. The Balaban J connectivity index is 1.39. The standard InChI is InChI=1S/C23H27N3O/c1-25-13-5-8-18(25)11-14-26-15-12-22-21(16-26)23(24-27-22)20-10-4-7-17-6-2-3-9-19(17)20/h2-4,6-7,9-10,18H,5,8,11-16H2,1H3. The smallest absolute Gasteiger partial charge is 0.143 e. The SMILES string of the molecule is CN1CCCC1CCN1CCc2onc(-c3cccc4ccccc34)c2C1. The maximum absolute atomic E-state index is 5.75. The second kappa shape index (κ2) is 7.10. The van der Waals surface area contributed by atoms with Crippen LogP contribution in [0.5, 0.6) is 0 Å². The molecular weight excluding hydrogens is 334 g/mol. The van der Waals surface area contributed by atoms with Crippen molar-refractivity contribution in [3.63, 3.8) is 0 Å². The van der Waals surface area contributed by atoms with Crippen LogP contribution in [0.4, 0.5) is 0 Å². The van der Waals surface area contributed by atoms with Gasteiger partial charge in [0, 0.05) is 36.7 Å². The lowest BCUT2D eigenvalue weighted by Crippen LogP contribution is -2.35. The quantitative estimate of drug-likeness (QED) is 0.692. The number of rotatable bonds is 4. The molecule has 2 aromatic carbocycles. The van der Waals surface area contributed by atoms with E-state index in [4.69, 9.17) is 4.52 Å². The highest BCUT2D eigenvalue weighted by atomic mass is 16.5. The van der Waals surface area contributed by atoms with Gasteiger partial charge < -0.3 is 9.42 Å². The summed E-state index contributed by atoms with van der Waals surface area (Å²) in [6.07, 6.45) is 4.93. The van der Waals surface area contributed by atoms with E-state index in [1.54, 1.807) is 0 Å². The minimum absolute atomic E-state index is 0.756. The summed E-state index contributed by atoms with van der Waals surface area (Å²) < 4.78 is 5.75. The molecule has 3 aromatic rings. The molecule has 0 radical (unpaired) electrons. The summed E-state index contributed by atoms with van der Waals surface area (Å²) in [4.78, 5) is 5.11. The van der Waals surface area contributed by atoms with Crippen molar-refractivity contribution < 1.29 is 4.52 Å². The number of hydrogen-bond acceptors (Lipinski definition) is 4. The van der Waals surface area contributed by atoms with Crippen molar-refractivity contribution in [1.29, 1.82) is 0 Å². The van der Waals surface area contributed by atoms with Gasteiger partial charge in [-0.25, -0.2) is 0 Å². The summed E-state index contributed by atoms with van der Waals surface area (Å²) in [5.41, 5.74) is 3.51. The lowest BCUT2D eigenvalue weighted by Gasteiger charge is -2.28. The summed E-state index contributed by atoms with van der Waals surface area (Å²) >= 11 is 0. The maximum atomic E-state index is 5.75. The molecule has 0 N–H and O–H groups in total. The van der Waals surface area contributed by atoms with Crippen molar-refractivity contribution in [2.24, 2.45) is 0 Å². The number of aromatic nitrogens is 1. The lowest BCUT2D eigenvalue weighted by molar-refractivity contribution is 0.202. The zero-order valence-corrected chi connectivity index (χ0v) is 16.0. The third kappa shape index (κ3) is 3.17. The Morgan fingerprint density at radius 2 is 2.00 bits per heavy atom. The van der Waals surface area contributed by atoms with Gasteiger partial charge in [0.1, 0.15) is 11.5 Å². The molecule has 2 aliphatic rings. The van der Waals surface area contributed by atoms with Crippen LogP contribution in [0.3, 0.4) is 0 Å². The van der Waals surface area contributed by atoms with Gasteiger partial charge in [-0.05, 0) is 50.2 Å². The van der Waals surface area contributed by atoms with Crippen molar-refractivity contribution in [2.75, 3.05) is 26.7 Å². The lowest BCUT2D eigenvalue weighted by atomic mass is 9.97. The van der Waals surface area contributed by atoms with E-state index in [9.17, 15) is 0 Å². The monoisotopic (exact) mass is 361 g/mol. The average molecular weight is 361 g/mol. The molecule has 1 aromatic heterocycles. The molecular formula is C23H27N3O. The van der Waals surface area contributed by atoms with Gasteiger partial charge >= 0.3 is 0 Å². The number of hydrogen-bond donors (Lipinski definition) is 0. The Morgan fingerprint density at radius 3 is 2.89 bits per heavy atom. The predicted octanol–water partition coefficient (Wildman–Crippen LogP) is 4.34. The maximum Gasteiger partial charge on any atom is 0.143 e. The van der Waals surface area contributed by atoms with Gasteiger partial charge in [-0.15, -0.1) is 0 Å². The molecule has 4 heteroatoms. The third-order valence-corrected chi connectivity index (χ3v) is 6.40. The first kappa shape index (κ1) is 17.0. The topological polar surface area (TPSA) is 32.5 Å². The molecule has 5 rings (SSSR count). The molecule has 0 bridgehead atoms. The Morgan fingerprint density at radius 1 is 1.11 bits per heavy atom. The molecule has 4 nitrogen and oxygen atoms in total. The van der Waals surface area contributed by atoms with E-state index < -0.39 is 0 Å². The van der Waals surface area contributed by atoms with Crippen LogP contribution in [0.15, 0.2) is 47.0 Å². The first-order valence-corrected chi connectivity index (χ1v) is 10.2. The van der Waals surface area contributed by atoms with E-state index in [2.05, 4.69) is 64.5 Å². The predicted molar refractivity (Wildman–Crippen MR) is 109 cm³/mol. The first-order chi connectivity index (χ1) is 13.3. The fourth-order valence-electron chi connectivity index (χ4n) is 4.78. The normalized spacial score (nSPS) is 21.0. The van der Waals surface area contributed by atoms with Crippen molar-refractivity contribution in [1.82, 2.24) is 15.0 Å². The Kier molecular flexibility index (Phi) is 4.46. The van der Waals surface area contributed by atoms with Crippen LogP contribution in [-0.4, -0.2) is 47.7 Å². The Hall–Kier alpha value is -2.17. The molecule has 140 valence electrons. The van der Waals surface area contributed by atoms with Crippen LogP contribution >= 0.6 is 0 Å². The number of fused-ring (bicyclic) bond motifs is 2. The van der Waals surface area contributed by atoms with E-state index >= 15 is 0 Å². The van der Waals surface area contributed by atoms with Crippen LogP contribution in [0, 0.1) is 0 Å². The van der Waals surface area contributed by atoms with Gasteiger partial charge in [0.2, 0.25) is 0 Å². The molecule has 1 fully saturated rings. The number of likely N-dealkylation sites (tertiary alicyclic amines) is 1. The van der Waals surface area contributed by atoms with Crippen molar-refractivity contribution in [2.45, 2.75) is 38.3 Å². The second-order valence-corrected chi connectivity index (χ2v) is 8.05. The van der Waals surface area contributed by atoms with Gasteiger partial charge in [0.05, 0.1) is 0 Å². The first-order valence-electron chi connectivity index (χ1n) is 10.2. The van der Waals surface area contributed by atoms with Crippen LogP contribution in [-0.2, 0) is 13.0 Å². The number of nitrogens with zero attached hydrogens (tertiary/aromatic N) is 3. The zero-order chi connectivity index (χ0) is 18.2. The molecule has 0 spiro atoms. The molecule has 2 aliphatic heterocycles. The van der Waals surface area contributed by atoms with Crippen LogP contribution in [0.25, 0.3) is 22.0 Å².